The van der Waals surface area contributed by atoms with Crippen molar-refractivity contribution in [2.75, 3.05) is 7.11 Å². The summed E-state index contributed by atoms with van der Waals surface area (Å²) in [7, 11) is -3.79. The van der Waals surface area contributed by atoms with Gasteiger partial charge in [0.2, 0.25) is 0 Å². The first kappa shape index (κ1) is 12.6. The molecule has 1 aromatic carbocycles. The zero-order valence-corrected chi connectivity index (χ0v) is 8.80. The summed E-state index contributed by atoms with van der Waals surface area (Å²) in [5, 5.41) is 0. The molecule has 0 aliphatic heterocycles. The van der Waals surface area contributed by atoms with E-state index in [2.05, 4.69) is 9.47 Å². The lowest BCUT2D eigenvalue weighted by Crippen LogP contribution is -2.04. The molecule has 0 atom stereocenters. The van der Waals surface area contributed by atoms with Gasteiger partial charge in [0.05, 0.1) is 7.11 Å². The number of rotatable bonds is 4. The van der Waals surface area contributed by atoms with Crippen molar-refractivity contribution < 1.29 is 30.6 Å². The van der Waals surface area contributed by atoms with E-state index in [1.54, 1.807) is 0 Å². The molecule has 0 radical (unpaired) electrons. The van der Waals surface area contributed by atoms with Crippen LogP contribution in [0.4, 0.5) is 12.7 Å². The summed E-state index contributed by atoms with van der Waals surface area (Å²) in [4.78, 5) is -0.774. The molecule has 0 saturated carbocycles. The van der Waals surface area contributed by atoms with Crippen LogP contribution in [-0.2, 0) is 10.2 Å². The average molecular weight is 256 g/mol. The molecule has 0 aromatic heterocycles. The van der Waals surface area contributed by atoms with E-state index in [-0.39, 0.29) is 5.75 Å². The number of alkyl halides is 2. The normalized spacial score (nSPS) is 11.6. The smallest absolute Gasteiger partial charge is 0.387 e. The summed E-state index contributed by atoms with van der Waals surface area (Å²) in [6.45, 7) is -3.16. The third kappa shape index (κ3) is 3.02. The van der Waals surface area contributed by atoms with Crippen LogP contribution in [0.2, 0.25) is 0 Å². The molecule has 1 rings (SSSR count). The monoisotopic (exact) mass is 256 g/mol. The van der Waals surface area contributed by atoms with Gasteiger partial charge >= 0.3 is 16.8 Å². The van der Waals surface area contributed by atoms with Crippen molar-refractivity contribution in [3.05, 3.63) is 18.2 Å². The van der Waals surface area contributed by atoms with Gasteiger partial charge in [-0.2, -0.15) is 17.2 Å². The fourth-order valence-electron chi connectivity index (χ4n) is 0.997. The van der Waals surface area contributed by atoms with Gasteiger partial charge in [-0.05, 0) is 12.1 Å². The minimum atomic E-state index is -4.97. The topological polar surface area (TPSA) is 52.6 Å². The Bertz CT molecular complexity index is 472. The molecular weight excluding hydrogens is 249 g/mol. The summed E-state index contributed by atoms with van der Waals surface area (Å²) in [5.41, 5.74) is 0. The van der Waals surface area contributed by atoms with Crippen LogP contribution in [0.15, 0.2) is 23.1 Å². The number of ether oxygens (including phenoxy) is 2. The van der Waals surface area contributed by atoms with Gasteiger partial charge in [-0.25, -0.2) is 0 Å². The summed E-state index contributed by atoms with van der Waals surface area (Å²) in [5.74, 6) is -0.663. The van der Waals surface area contributed by atoms with E-state index in [1.165, 1.54) is 7.11 Å². The summed E-state index contributed by atoms with van der Waals surface area (Å²) in [6, 6.07) is 2.52. The van der Waals surface area contributed by atoms with E-state index in [9.17, 15) is 21.1 Å². The molecule has 16 heavy (non-hydrogen) atoms. The van der Waals surface area contributed by atoms with Crippen molar-refractivity contribution in [1.29, 1.82) is 0 Å². The Morgan fingerprint density at radius 2 is 1.88 bits per heavy atom. The first-order valence-corrected chi connectivity index (χ1v) is 5.30. The molecule has 90 valence electrons. The van der Waals surface area contributed by atoms with E-state index in [0.29, 0.717) is 6.07 Å². The van der Waals surface area contributed by atoms with Gasteiger partial charge in [-0.3, -0.25) is 0 Å². The third-order valence-electron chi connectivity index (χ3n) is 1.63. The van der Waals surface area contributed by atoms with Crippen molar-refractivity contribution in [3.8, 4) is 11.5 Å². The number of methoxy groups -OCH3 is 1. The molecule has 0 fully saturated rings. The number of halogens is 3. The summed E-state index contributed by atoms with van der Waals surface area (Å²) < 4.78 is 66.1. The largest absolute Gasteiger partial charge is 0.493 e. The van der Waals surface area contributed by atoms with Crippen LogP contribution < -0.4 is 9.47 Å². The van der Waals surface area contributed by atoms with Crippen LogP contribution >= 0.6 is 0 Å². The SMILES string of the molecule is COc1ccc(S(=O)(=O)F)cc1OC(F)F. The van der Waals surface area contributed by atoms with Crippen LogP contribution in [0.5, 0.6) is 11.5 Å². The van der Waals surface area contributed by atoms with E-state index in [0.717, 1.165) is 12.1 Å². The Morgan fingerprint density at radius 3 is 2.31 bits per heavy atom. The first-order valence-electron chi connectivity index (χ1n) is 3.92. The Hall–Kier alpha value is -1.44. The van der Waals surface area contributed by atoms with Gasteiger partial charge in [-0.15, -0.1) is 3.89 Å². The van der Waals surface area contributed by atoms with E-state index in [1.807, 2.05) is 0 Å². The second kappa shape index (κ2) is 4.60. The maximum atomic E-state index is 12.6. The maximum Gasteiger partial charge on any atom is 0.387 e. The number of hydrogen-bond acceptors (Lipinski definition) is 4. The third-order valence-corrected chi connectivity index (χ3v) is 2.45. The lowest BCUT2D eigenvalue weighted by molar-refractivity contribution is -0.0513. The first-order chi connectivity index (χ1) is 7.34. The molecule has 0 bridgehead atoms. The van der Waals surface area contributed by atoms with Crippen LogP contribution in [0, 0.1) is 0 Å². The number of benzene rings is 1. The lowest BCUT2D eigenvalue weighted by atomic mass is 10.3. The second-order valence-electron chi connectivity index (χ2n) is 2.63. The highest BCUT2D eigenvalue weighted by atomic mass is 32.3. The molecule has 4 nitrogen and oxygen atoms in total. The zero-order chi connectivity index (χ0) is 12.3. The summed E-state index contributed by atoms with van der Waals surface area (Å²) >= 11 is 0. The quantitative estimate of drug-likeness (QED) is 0.773. The van der Waals surface area contributed by atoms with Gasteiger partial charge in [0.15, 0.2) is 11.5 Å². The second-order valence-corrected chi connectivity index (χ2v) is 3.98. The minimum Gasteiger partial charge on any atom is -0.493 e. The van der Waals surface area contributed by atoms with Crippen LogP contribution in [0.3, 0.4) is 0 Å². The maximum absolute atomic E-state index is 12.6. The Morgan fingerprint density at radius 1 is 1.25 bits per heavy atom. The predicted octanol–water partition coefficient (Wildman–Crippen LogP) is 1.95. The van der Waals surface area contributed by atoms with E-state index < -0.39 is 27.5 Å². The molecule has 0 heterocycles. The van der Waals surface area contributed by atoms with Gasteiger partial charge in [0.25, 0.3) is 0 Å². The Balaban J connectivity index is 3.21. The molecule has 8 heteroatoms. The van der Waals surface area contributed by atoms with Crippen molar-refractivity contribution in [1.82, 2.24) is 0 Å². The van der Waals surface area contributed by atoms with Gasteiger partial charge < -0.3 is 9.47 Å². The van der Waals surface area contributed by atoms with Gasteiger partial charge in [-0.1, -0.05) is 0 Å². The standard InChI is InChI=1S/C8H7F3O4S/c1-14-6-3-2-5(16(11,12)13)4-7(6)15-8(9)10/h2-4,8H,1H3. The molecule has 0 N–H and O–H groups in total. The lowest BCUT2D eigenvalue weighted by Gasteiger charge is -2.09. The van der Waals surface area contributed by atoms with Gasteiger partial charge in [0.1, 0.15) is 4.90 Å². The predicted molar refractivity (Wildman–Crippen MR) is 47.9 cm³/mol. The van der Waals surface area contributed by atoms with E-state index in [4.69, 9.17) is 0 Å². The molecule has 1 aromatic rings. The van der Waals surface area contributed by atoms with Crippen molar-refractivity contribution in [3.63, 3.8) is 0 Å². The minimum absolute atomic E-state index is 0.118. The average Bonchev–Trinajstić information content (AvgIpc) is 2.15. The molecule has 0 spiro atoms. The van der Waals surface area contributed by atoms with Crippen LogP contribution in [-0.4, -0.2) is 22.1 Å². The van der Waals surface area contributed by atoms with Crippen LogP contribution in [0.1, 0.15) is 0 Å². The fraction of sp³-hybridized carbons (Fsp3) is 0.250. The van der Waals surface area contributed by atoms with Crippen LogP contribution in [0.25, 0.3) is 0 Å². The molecular formula is C8H7F3O4S. The molecule has 0 saturated heterocycles. The fourth-order valence-corrected chi connectivity index (χ4v) is 1.48. The van der Waals surface area contributed by atoms with Crippen molar-refractivity contribution in [2.24, 2.45) is 0 Å². The molecule has 0 amide bonds. The van der Waals surface area contributed by atoms with Crippen molar-refractivity contribution >= 4 is 10.2 Å². The van der Waals surface area contributed by atoms with Crippen molar-refractivity contribution in [2.45, 2.75) is 11.5 Å². The highest BCUT2D eigenvalue weighted by molar-refractivity contribution is 7.86. The summed E-state index contributed by atoms with van der Waals surface area (Å²) in [6.07, 6.45) is 0. The highest BCUT2D eigenvalue weighted by Crippen LogP contribution is 2.31. The molecule has 0 unspecified atom stereocenters. The molecule has 0 aliphatic carbocycles. The Labute approximate surface area is 89.8 Å². The Kier molecular flexibility index (Phi) is 3.63. The zero-order valence-electron chi connectivity index (χ0n) is 7.98. The van der Waals surface area contributed by atoms with E-state index >= 15 is 0 Å². The molecule has 0 aliphatic rings. The highest BCUT2D eigenvalue weighted by Gasteiger charge is 2.17. The van der Waals surface area contributed by atoms with Gasteiger partial charge in [0, 0.05) is 6.07 Å². The number of hydrogen-bond donors (Lipinski definition) is 0.